The summed E-state index contributed by atoms with van der Waals surface area (Å²) >= 11 is 0. The second-order valence-electron chi connectivity index (χ2n) is 5.16. The van der Waals surface area contributed by atoms with Crippen molar-refractivity contribution in [2.24, 2.45) is 0 Å². The topological polar surface area (TPSA) is 23.5 Å². The van der Waals surface area contributed by atoms with E-state index in [1.54, 1.807) is 6.92 Å². The highest BCUT2D eigenvalue weighted by atomic mass is 19.1. The van der Waals surface area contributed by atoms with Crippen molar-refractivity contribution in [1.82, 2.24) is 0 Å². The summed E-state index contributed by atoms with van der Waals surface area (Å²) in [5, 5.41) is 9.46. The molecule has 0 unspecified atom stereocenters. The summed E-state index contributed by atoms with van der Waals surface area (Å²) in [5.41, 5.74) is 1.33. The molecule has 3 heteroatoms. The molecular formula is C15H22FNO. The van der Waals surface area contributed by atoms with Gasteiger partial charge in [0.1, 0.15) is 5.82 Å². The molecule has 0 radical (unpaired) electrons. The first-order valence-corrected chi connectivity index (χ1v) is 6.87. The number of benzene rings is 1. The normalized spacial score (nSPS) is 16.7. The van der Waals surface area contributed by atoms with Gasteiger partial charge in [-0.3, -0.25) is 0 Å². The average molecular weight is 251 g/mol. The number of halogens is 1. The Labute approximate surface area is 108 Å². The highest BCUT2D eigenvalue weighted by molar-refractivity contribution is 5.51. The van der Waals surface area contributed by atoms with Gasteiger partial charge in [-0.05, 0) is 43.9 Å². The number of aliphatic hydroxyl groups excluding tert-OH is 1. The Morgan fingerprint density at radius 3 is 2.67 bits per heavy atom. The molecule has 0 amide bonds. The van der Waals surface area contributed by atoms with Gasteiger partial charge in [0.2, 0.25) is 0 Å². The second kappa shape index (κ2) is 5.70. The van der Waals surface area contributed by atoms with Crippen LogP contribution in [0.5, 0.6) is 0 Å². The Hall–Kier alpha value is -1.09. The highest BCUT2D eigenvalue weighted by Crippen LogP contribution is 2.34. The first-order valence-electron chi connectivity index (χ1n) is 6.87. The summed E-state index contributed by atoms with van der Waals surface area (Å²) in [4.78, 5) is 2.19. The molecule has 0 saturated heterocycles. The molecule has 100 valence electrons. The van der Waals surface area contributed by atoms with E-state index >= 15 is 0 Å². The zero-order valence-electron chi connectivity index (χ0n) is 11.2. The standard InChI is InChI=1S/C15H22FNO/c1-3-4-9-17(13-6-7-13)15-8-5-12(11(2)18)10-14(15)16/h5,8,10-11,13,18H,3-4,6-7,9H2,1-2H3/t11-/m0/s1. The minimum absolute atomic E-state index is 0.212. The van der Waals surface area contributed by atoms with Crippen molar-refractivity contribution in [3.8, 4) is 0 Å². The fraction of sp³-hybridized carbons (Fsp3) is 0.600. The monoisotopic (exact) mass is 251 g/mol. The van der Waals surface area contributed by atoms with Crippen LogP contribution in [0.25, 0.3) is 0 Å². The number of unbranched alkanes of at least 4 members (excludes halogenated alkanes) is 1. The first kappa shape index (κ1) is 13.3. The van der Waals surface area contributed by atoms with E-state index in [9.17, 15) is 9.50 Å². The summed E-state index contributed by atoms with van der Waals surface area (Å²) in [7, 11) is 0. The molecule has 0 bridgehead atoms. The van der Waals surface area contributed by atoms with Crippen molar-refractivity contribution < 1.29 is 9.50 Å². The number of rotatable bonds is 6. The maximum absolute atomic E-state index is 14.1. The third-order valence-corrected chi connectivity index (χ3v) is 3.50. The van der Waals surface area contributed by atoms with E-state index in [4.69, 9.17) is 0 Å². The summed E-state index contributed by atoms with van der Waals surface area (Å²) < 4.78 is 14.1. The highest BCUT2D eigenvalue weighted by Gasteiger charge is 2.30. The van der Waals surface area contributed by atoms with Gasteiger partial charge >= 0.3 is 0 Å². The number of nitrogens with zero attached hydrogens (tertiary/aromatic N) is 1. The van der Waals surface area contributed by atoms with Gasteiger partial charge in [-0.1, -0.05) is 19.4 Å². The maximum atomic E-state index is 14.1. The lowest BCUT2D eigenvalue weighted by Crippen LogP contribution is -2.27. The molecule has 1 aromatic carbocycles. The second-order valence-corrected chi connectivity index (χ2v) is 5.16. The largest absolute Gasteiger partial charge is 0.389 e. The van der Waals surface area contributed by atoms with Crippen molar-refractivity contribution in [2.75, 3.05) is 11.4 Å². The van der Waals surface area contributed by atoms with E-state index in [1.165, 1.54) is 18.9 Å². The van der Waals surface area contributed by atoms with Crippen LogP contribution in [-0.2, 0) is 0 Å². The van der Waals surface area contributed by atoms with E-state index < -0.39 is 6.10 Å². The molecular weight excluding hydrogens is 229 g/mol. The van der Waals surface area contributed by atoms with Crippen molar-refractivity contribution in [3.05, 3.63) is 29.6 Å². The van der Waals surface area contributed by atoms with E-state index in [-0.39, 0.29) is 5.82 Å². The molecule has 1 aliphatic rings. The molecule has 1 aliphatic carbocycles. The lowest BCUT2D eigenvalue weighted by atomic mass is 10.1. The summed E-state index contributed by atoms with van der Waals surface area (Å²) in [5.74, 6) is -0.212. The van der Waals surface area contributed by atoms with Gasteiger partial charge in [0.25, 0.3) is 0 Å². The van der Waals surface area contributed by atoms with Crippen LogP contribution in [0.15, 0.2) is 18.2 Å². The van der Waals surface area contributed by atoms with Gasteiger partial charge in [0.05, 0.1) is 11.8 Å². The van der Waals surface area contributed by atoms with Crippen molar-refractivity contribution in [2.45, 2.75) is 51.7 Å². The van der Waals surface area contributed by atoms with Crippen molar-refractivity contribution in [1.29, 1.82) is 0 Å². The zero-order chi connectivity index (χ0) is 13.1. The van der Waals surface area contributed by atoms with Crippen LogP contribution in [0.2, 0.25) is 0 Å². The van der Waals surface area contributed by atoms with Gasteiger partial charge in [-0.25, -0.2) is 4.39 Å². The molecule has 0 spiro atoms. The Bertz CT molecular complexity index is 401. The first-order chi connectivity index (χ1) is 8.63. The van der Waals surface area contributed by atoms with Gasteiger partial charge in [0.15, 0.2) is 0 Å². The fourth-order valence-corrected chi connectivity index (χ4v) is 2.23. The smallest absolute Gasteiger partial charge is 0.146 e. The summed E-state index contributed by atoms with van der Waals surface area (Å²) in [6.45, 7) is 4.73. The lowest BCUT2D eigenvalue weighted by Gasteiger charge is -2.25. The Balaban J connectivity index is 2.19. The van der Waals surface area contributed by atoms with Crippen LogP contribution < -0.4 is 4.90 Å². The van der Waals surface area contributed by atoms with E-state index in [0.717, 1.165) is 19.4 Å². The third kappa shape index (κ3) is 3.02. The van der Waals surface area contributed by atoms with Crippen LogP contribution in [-0.4, -0.2) is 17.7 Å². The van der Waals surface area contributed by atoms with Gasteiger partial charge in [0, 0.05) is 12.6 Å². The molecule has 2 nitrogen and oxygen atoms in total. The van der Waals surface area contributed by atoms with Gasteiger partial charge < -0.3 is 10.0 Å². The molecule has 0 heterocycles. The van der Waals surface area contributed by atoms with Crippen molar-refractivity contribution >= 4 is 5.69 Å². The zero-order valence-corrected chi connectivity index (χ0v) is 11.2. The molecule has 1 aromatic rings. The van der Waals surface area contributed by atoms with E-state index in [2.05, 4.69) is 11.8 Å². The molecule has 0 aliphatic heterocycles. The minimum Gasteiger partial charge on any atom is -0.389 e. The Kier molecular flexibility index (Phi) is 4.23. The minimum atomic E-state index is -0.612. The molecule has 1 fully saturated rings. The fourth-order valence-electron chi connectivity index (χ4n) is 2.23. The Morgan fingerprint density at radius 2 is 2.17 bits per heavy atom. The van der Waals surface area contributed by atoms with E-state index in [1.807, 2.05) is 12.1 Å². The number of anilines is 1. The SMILES string of the molecule is CCCCN(c1ccc([C@H](C)O)cc1F)C1CC1. The number of hydrogen-bond acceptors (Lipinski definition) is 2. The lowest BCUT2D eigenvalue weighted by molar-refractivity contribution is 0.199. The van der Waals surface area contributed by atoms with Gasteiger partial charge in [-0.2, -0.15) is 0 Å². The molecule has 0 aromatic heterocycles. The third-order valence-electron chi connectivity index (χ3n) is 3.50. The molecule has 1 atom stereocenters. The van der Waals surface area contributed by atoms with Gasteiger partial charge in [-0.15, -0.1) is 0 Å². The molecule has 2 rings (SSSR count). The molecule has 18 heavy (non-hydrogen) atoms. The predicted octanol–water partition coefficient (Wildman–Crippen LogP) is 3.65. The predicted molar refractivity (Wildman–Crippen MR) is 72.3 cm³/mol. The number of aliphatic hydroxyl groups is 1. The number of hydrogen-bond donors (Lipinski definition) is 1. The molecule has 1 saturated carbocycles. The van der Waals surface area contributed by atoms with Crippen LogP contribution in [0, 0.1) is 5.82 Å². The van der Waals surface area contributed by atoms with Crippen LogP contribution in [0.4, 0.5) is 10.1 Å². The van der Waals surface area contributed by atoms with Crippen LogP contribution >= 0.6 is 0 Å². The maximum Gasteiger partial charge on any atom is 0.146 e. The quantitative estimate of drug-likeness (QED) is 0.834. The summed E-state index contributed by atoms with van der Waals surface area (Å²) in [6, 6.07) is 5.61. The van der Waals surface area contributed by atoms with Crippen LogP contribution in [0.1, 0.15) is 51.2 Å². The van der Waals surface area contributed by atoms with E-state index in [0.29, 0.717) is 17.3 Å². The summed E-state index contributed by atoms with van der Waals surface area (Å²) in [6.07, 6.45) is 3.94. The average Bonchev–Trinajstić information content (AvgIpc) is 3.15. The van der Waals surface area contributed by atoms with Crippen molar-refractivity contribution in [3.63, 3.8) is 0 Å². The van der Waals surface area contributed by atoms with Crippen LogP contribution in [0.3, 0.4) is 0 Å². The molecule has 1 N–H and O–H groups in total. The Morgan fingerprint density at radius 1 is 1.44 bits per heavy atom.